The molecule has 0 spiro atoms. The maximum absolute atomic E-state index is 12.3. The van der Waals surface area contributed by atoms with Crippen molar-refractivity contribution >= 4 is 5.91 Å². The first kappa shape index (κ1) is 18.1. The second-order valence-corrected chi connectivity index (χ2v) is 6.09. The van der Waals surface area contributed by atoms with Crippen molar-refractivity contribution in [2.24, 2.45) is 5.92 Å². The van der Waals surface area contributed by atoms with Crippen molar-refractivity contribution in [1.29, 1.82) is 0 Å². The van der Waals surface area contributed by atoms with E-state index in [0.717, 1.165) is 16.9 Å². The molecule has 0 radical (unpaired) electrons. The summed E-state index contributed by atoms with van der Waals surface area (Å²) in [5, 5.41) is 2.84. The first-order valence-electron chi connectivity index (χ1n) is 8.17. The van der Waals surface area contributed by atoms with Crippen molar-refractivity contribution < 1.29 is 27.4 Å². The Hall–Kier alpha value is -2.70. The van der Waals surface area contributed by atoms with Crippen LogP contribution in [0.25, 0.3) is 0 Å². The Balaban J connectivity index is 1.49. The third-order valence-corrected chi connectivity index (χ3v) is 4.04. The minimum Gasteiger partial charge on any atom is -0.492 e. The van der Waals surface area contributed by atoms with E-state index in [0.29, 0.717) is 13.0 Å². The summed E-state index contributed by atoms with van der Waals surface area (Å²) in [6, 6.07) is 13.8. The minimum absolute atomic E-state index is 0.114. The van der Waals surface area contributed by atoms with Gasteiger partial charge in [0.1, 0.15) is 18.1 Å². The average molecular weight is 365 g/mol. The van der Waals surface area contributed by atoms with E-state index in [-0.39, 0.29) is 24.1 Å². The topological polar surface area (TPSA) is 47.6 Å². The molecule has 0 aromatic heterocycles. The van der Waals surface area contributed by atoms with Crippen molar-refractivity contribution in [2.75, 3.05) is 13.2 Å². The summed E-state index contributed by atoms with van der Waals surface area (Å²) < 4.78 is 46.6. The van der Waals surface area contributed by atoms with Crippen molar-refractivity contribution in [3.63, 3.8) is 0 Å². The Kier molecular flexibility index (Phi) is 5.35. The van der Waals surface area contributed by atoms with Crippen LogP contribution in [0.2, 0.25) is 0 Å². The van der Waals surface area contributed by atoms with E-state index in [1.807, 2.05) is 24.3 Å². The van der Waals surface area contributed by atoms with Gasteiger partial charge in [0.25, 0.3) is 0 Å². The van der Waals surface area contributed by atoms with Gasteiger partial charge in [-0.15, -0.1) is 0 Å². The molecule has 0 aliphatic carbocycles. The Morgan fingerprint density at radius 1 is 1.15 bits per heavy atom. The maximum Gasteiger partial charge on any atom is 0.422 e. The monoisotopic (exact) mass is 365 g/mol. The molecule has 1 amide bonds. The first-order valence-corrected chi connectivity index (χ1v) is 8.17. The second-order valence-electron chi connectivity index (χ2n) is 6.09. The predicted molar refractivity (Wildman–Crippen MR) is 89.0 cm³/mol. The Morgan fingerprint density at radius 3 is 2.62 bits per heavy atom. The molecule has 3 rings (SSSR count). The van der Waals surface area contributed by atoms with Crippen LogP contribution in [-0.4, -0.2) is 25.3 Å². The number of nitrogens with one attached hydrogen (secondary N) is 1. The van der Waals surface area contributed by atoms with Gasteiger partial charge in [-0.25, -0.2) is 0 Å². The SMILES string of the molecule is O=C(NCc1ccc(OCC(F)(F)F)cc1)C1COc2ccccc2C1. The number of carbonyl (C=O) groups is 1. The zero-order chi connectivity index (χ0) is 18.6. The summed E-state index contributed by atoms with van der Waals surface area (Å²) in [6.07, 6.45) is -3.75. The molecule has 1 aliphatic heterocycles. The van der Waals surface area contributed by atoms with E-state index in [1.165, 1.54) is 12.1 Å². The molecule has 1 atom stereocenters. The number of para-hydroxylation sites is 1. The molecule has 2 aromatic rings. The van der Waals surface area contributed by atoms with E-state index < -0.39 is 12.8 Å². The Bertz CT molecular complexity index is 759. The van der Waals surface area contributed by atoms with Crippen molar-refractivity contribution in [3.05, 3.63) is 59.7 Å². The summed E-state index contributed by atoms with van der Waals surface area (Å²) >= 11 is 0. The van der Waals surface area contributed by atoms with Gasteiger partial charge in [-0.3, -0.25) is 4.79 Å². The number of hydrogen-bond acceptors (Lipinski definition) is 3. The molecule has 138 valence electrons. The van der Waals surface area contributed by atoms with Gasteiger partial charge >= 0.3 is 6.18 Å². The molecule has 1 unspecified atom stereocenters. The van der Waals surface area contributed by atoms with Gasteiger partial charge in [0.05, 0.1) is 5.92 Å². The molecular formula is C19H18F3NO3. The van der Waals surface area contributed by atoms with E-state index in [1.54, 1.807) is 12.1 Å². The van der Waals surface area contributed by atoms with Crippen LogP contribution in [-0.2, 0) is 17.8 Å². The van der Waals surface area contributed by atoms with Gasteiger partial charge in [-0.2, -0.15) is 13.2 Å². The van der Waals surface area contributed by atoms with Gasteiger partial charge in [0.15, 0.2) is 6.61 Å². The van der Waals surface area contributed by atoms with Gasteiger partial charge in [-0.05, 0) is 35.7 Å². The molecule has 4 nitrogen and oxygen atoms in total. The van der Waals surface area contributed by atoms with Crippen LogP contribution in [0.3, 0.4) is 0 Å². The van der Waals surface area contributed by atoms with Crippen molar-refractivity contribution in [1.82, 2.24) is 5.32 Å². The molecule has 0 saturated carbocycles. The highest BCUT2D eigenvalue weighted by Gasteiger charge is 2.28. The zero-order valence-electron chi connectivity index (χ0n) is 13.9. The van der Waals surface area contributed by atoms with E-state index in [2.05, 4.69) is 10.1 Å². The lowest BCUT2D eigenvalue weighted by Gasteiger charge is -2.24. The molecule has 2 aromatic carbocycles. The Morgan fingerprint density at radius 2 is 1.88 bits per heavy atom. The number of fused-ring (bicyclic) bond motifs is 1. The minimum atomic E-state index is -4.37. The van der Waals surface area contributed by atoms with E-state index >= 15 is 0 Å². The van der Waals surface area contributed by atoms with Crippen LogP contribution in [0.1, 0.15) is 11.1 Å². The highest BCUT2D eigenvalue weighted by Crippen LogP contribution is 2.27. The molecule has 0 fully saturated rings. The fraction of sp³-hybridized carbons (Fsp3) is 0.316. The summed E-state index contributed by atoms with van der Waals surface area (Å²) in [5.41, 5.74) is 1.78. The smallest absolute Gasteiger partial charge is 0.422 e. The number of hydrogen-bond donors (Lipinski definition) is 1. The zero-order valence-corrected chi connectivity index (χ0v) is 13.9. The number of rotatable bonds is 5. The number of carbonyl (C=O) groups excluding carboxylic acids is 1. The second kappa shape index (κ2) is 7.68. The standard InChI is InChI=1S/C19H18F3NO3/c20-19(21,22)12-26-16-7-5-13(6-8-16)10-23-18(24)15-9-14-3-1-2-4-17(14)25-11-15/h1-8,15H,9-12H2,(H,23,24). The number of halogens is 3. The van der Waals surface area contributed by atoms with Gasteiger partial charge < -0.3 is 14.8 Å². The molecule has 26 heavy (non-hydrogen) atoms. The van der Waals surface area contributed by atoms with Crippen LogP contribution >= 0.6 is 0 Å². The van der Waals surface area contributed by atoms with Gasteiger partial charge in [0, 0.05) is 6.54 Å². The third-order valence-electron chi connectivity index (χ3n) is 4.04. The predicted octanol–water partition coefficient (Wildman–Crippen LogP) is 3.50. The molecule has 1 heterocycles. The van der Waals surface area contributed by atoms with Crippen LogP contribution in [0.15, 0.2) is 48.5 Å². The summed E-state index contributed by atoms with van der Waals surface area (Å²) in [4.78, 5) is 12.3. The van der Waals surface area contributed by atoms with Crippen LogP contribution in [0.5, 0.6) is 11.5 Å². The molecule has 0 bridgehead atoms. The average Bonchev–Trinajstić information content (AvgIpc) is 2.64. The molecule has 7 heteroatoms. The lowest BCUT2D eigenvalue weighted by Crippen LogP contribution is -2.37. The molecule has 1 N–H and O–H groups in total. The number of ether oxygens (including phenoxy) is 2. The third kappa shape index (κ3) is 4.91. The van der Waals surface area contributed by atoms with Crippen molar-refractivity contribution in [2.45, 2.75) is 19.1 Å². The van der Waals surface area contributed by atoms with Crippen LogP contribution < -0.4 is 14.8 Å². The van der Waals surface area contributed by atoms with Crippen molar-refractivity contribution in [3.8, 4) is 11.5 Å². The lowest BCUT2D eigenvalue weighted by molar-refractivity contribution is -0.153. The normalized spacial score (nSPS) is 16.3. The molecule has 1 aliphatic rings. The van der Waals surface area contributed by atoms with Gasteiger partial charge in [-0.1, -0.05) is 30.3 Å². The lowest BCUT2D eigenvalue weighted by atomic mass is 9.96. The summed E-state index contributed by atoms with van der Waals surface area (Å²) in [6.45, 7) is -0.712. The summed E-state index contributed by atoms with van der Waals surface area (Å²) in [7, 11) is 0. The molecular weight excluding hydrogens is 347 g/mol. The largest absolute Gasteiger partial charge is 0.492 e. The fourth-order valence-corrected chi connectivity index (χ4v) is 2.70. The van der Waals surface area contributed by atoms with E-state index in [4.69, 9.17) is 4.74 Å². The van der Waals surface area contributed by atoms with Gasteiger partial charge in [0.2, 0.25) is 5.91 Å². The first-order chi connectivity index (χ1) is 12.4. The van der Waals surface area contributed by atoms with E-state index in [9.17, 15) is 18.0 Å². The van der Waals surface area contributed by atoms with Crippen LogP contribution in [0.4, 0.5) is 13.2 Å². The quantitative estimate of drug-likeness (QED) is 0.882. The number of amides is 1. The number of benzene rings is 2. The maximum atomic E-state index is 12.3. The number of alkyl halides is 3. The fourth-order valence-electron chi connectivity index (χ4n) is 2.70. The highest BCUT2D eigenvalue weighted by atomic mass is 19.4. The summed E-state index contributed by atoms with van der Waals surface area (Å²) in [5.74, 6) is 0.567. The Labute approximate surface area is 148 Å². The van der Waals surface area contributed by atoms with Crippen LogP contribution in [0, 0.1) is 5.92 Å². The molecule has 0 saturated heterocycles. The highest BCUT2D eigenvalue weighted by molar-refractivity contribution is 5.79.